The molecule has 2 atom stereocenters. The van der Waals surface area contributed by atoms with E-state index in [2.05, 4.69) is 10.6 Å². The van der Waals surface area contributed by atoms with Gasteiger partial charge in [0, 0.05) is 11.5 Å². The van der Waals surface area contributed by atoms with Gasteiger partial charge in [-0.2, -0.15) is 0 Å². The van der Waals surface area contributed by atoms with E-state index in [0.29, 0.717) is 11.8 Å². The third kappa shape index (κ3) is 7.68. The number of amides is 2. The number of nitrogens with one attached hydrogen (secondary N) is 2. The van der Waals surface area contributed by atoms with E-state index >= 15 is 0 Å². The van der Waals surface area contributed by atoms with Gasteiger partial charge < -0.3 is 20.1 Å². The molecule has 2 aliphatic rings. The Kier molecular flexibility index (Phi) is 10.8. The van der Waals surface area contributed by atoms with Gasteiger partial charge in [0.2, 0.25) is 11.8 Å². The average Bonchev–Trinajstić information content (AvgIpc) is 3.47. The monoisotopic (exact) mass is 450 g/mol. The van der Waals surface area contributed by atoms with E-state index in [1.54, 1.807) is 51.4 Å². The normalized spacial score (nSPS) is 19.1. The molecule has 2 aliphatic carbocycles. The molecule has 0 aliphatic heterocycles. The number of carbonyl (C=O) groups is 4. The van der Waals surface area contributed by atoms with E-state index in [0.717, 1.165) is 0 Å². The minimum absolute atomic E-state index is 0.217. The second kappa shape index (κ2) is 13.1. The molecule has 0 heterocycles. The third-order valence-electron chi connectivity index (χ3n) is 3.98. The van der Waals surface area contributed by atoms with E-state index in [1.165, 1.54) is 35.8 Å². The van der Waals surface area contributed by atoms with Crippen LogP contribution in [-0.2, 0) is 28.7 Å². The molecular formula is C20H22N2O6S2. The minimum Gasteiger partial charge on any atom is -0.467 e. The van der Waals surface area contributed by atoms with E-state index < -0.39 is 24.0 Å². The van der Waals surface area contributed by atoms with Gasteiger partial charge in [0.15, 0.2) is 0 Å². The molecule has 0 spiro atoms. The molecule has 2 fully saturated rings. The predicted octanol–water partition coefficient (Wildman–Crippen LogP) is 0.494. The van der Waals surface area contributed by atoms with E-state index in [4.69, 9.17) is 9.47 Å². The summed E-state index contributed by atoms with van der Waals surface area (Å²) < 4.78 is 9.50. The van der Waals surface area contributed by atoms with Crippen LogP contribution >= 0.6 is 21.6 Å². The van der Waals surface area contributed by atoms with Gasteiger partial charge in [0.1, 0.15) is 12.1 Å². The van der Waals surface area contributed by atoms with Crippen LogP contribution in [0.5, 0.6) is 0 Å². The van der Waals surface area contributed by atoms with Gasteiger partial charge in [-0.05, 0) is 51.4 Å². The summed E-state index contributed by atoms with van der Waals surface area (Å²) in [6, 6.07) is -1.71. The second-order valence-electron chi connectivity index (χ2n) is 6.01. The van der Waals surface area contributed by atoms with Gasteiger partial charge in [-0.25, -0.2) is 9.59 Å². The van der Waals surface area contributed by atoms with Crippen LogP contribution in [0.2, 0.25) is 0 Å². The first-order chi connectivity index (χ1) is 14.5. The maximum atomic E-state index is 12.2. The Morgan fingerprint density at radius 2 is 1.07 bits per heavy atom. The number of hydrogen-bond donors (Lipinski definition) is 2. The van der Waals surface area contributed by atoms with Crippen molar-refractivity contribution in [2.75, 3.05) is 25.7 Å². The van der Waals surface area contributed by atoms with Gasteiger partial charge in [0.25, 0.3) is 0 Å². The standard InChI is InChI=1S/C20H22N2O6S2/c1-27-19(25)15(21-17(23)13-7-3-4-8-13)11-29-30-12-16(20(26)28-2)22-18(24)14-9-5-6-10-14/h3-10,15-16H,11-12H2,1-2H3,(H,21,23)(H,22,24)/t15-,16+. The number of carbonyl (C=O) groups excluding carboxylic acids is 4. The van der Waals surface area contributed by atoms with Gasteiger partial charge in [-0.3, -0.25) is 9.59 Å². The SMILES string of the molecule is COC(=O)[C@H](CSSC[C@@H](NC(=O)[C]1[CH][CH][CH][CH]1)C(=O)OC)NC(=O)[C]1[CH][CH][CH][CH]1. The fraction of sp³-hybridized carbons (Fsp3) is 0.300. The third-order valence-corrected chi connectivity index (χ3v) is 6.41. The predicted molar refractivity (Wildman–Crippen MR) is 114 cm³/mol. The molecule has 0 unspecified atom stereocenters. The van der Waals surface area contributed by atoms with Gasteiger partial charge in [-0.15, -0.1) is 0 Å². The summed E-state index contributed by atoms with van der Waals surface area (Å²) in [6.07, 6.45) is 13.5. The smallest absolute Gasteiger partial charge is 0.329 e. The Morgan fingerprint density at radius 3 is 1.37 bits per heavy atom. The summed E-state index contributed by atoms with van der Waals surface area (Å²) >= 11 is 0. The number of rotatable bonds is 11. The molecule has 8 nitrogen and oxygen atoms in total. The Hall–Kier alpha value is -1.42. The van der Waals surface area contributed by atoms with E-state index in [9.17, 15) is 19.2 Å². The maximum absolute atomic E-state index is 12.2. The van der Waals surface area contributed by atoms with E-state index in [-0.39, 0.29) is 23.3 Å². The lowest BCUT2D eigenvalue weighted by Gasteiger charge is -2.19. The zero-order valence-corrected chi connectivity index (χ0v) is 18.1. The molecule has 2 rings (SSSR count). The van der Waals surface area contributed by atoms with Gasteiger partial charge in [0.05, 0.1) is 26.1 Å². The van der Waals surface area contributed by atoms with Crippen molar-refractivity contribution in [3.05, 3.63) is 63.2 Å². The van der Waals surface area contributed by atoms with Crippen LogP contribution in [0.1, 0.15) is 0 Å². The summed E-state index contributed by atoms with van der Waals surface area (Å²) in [7, 11) is 5.02. The lowest BCUT2D eigenvalue weighted by atomic mass is 10.1. The highest BCUT2D eigenvalue weighted by molar-refractivity contribution is 8.76. The fourth-order valence-electron chi connectivity index (χ4n) is 2.39. The molecule has 0 saturated heterocycles. The number of ether oxygens (including phenoxy) is 2. The highest BCUT2D eigenvalue weighted by atomic mass is 33.1. The highest BCUT2D eigenvalue weighted by Gasteiger charge is 2.31. The van der Waals surface area contributed by atoms with Crippen LogP contribution in [0.3, 0.4) is 0 Å². The number of esters is 2. The lowest BCUT2D eigenvalue weighted by molar-refractivity contribution is -0.144. The molecule has 0 aromatic rings. The summed E-state index contributed by atoms with van der Waals surface area (Å²) in [5, 5.41) is 5.27. The molecule has 0 aromatic heterocycles. The Labute approximate surface area is 185 Å². The first-order valence-corrected chi connectivity index (χ1v) is 11.4. The van der Waals surface area contributed by atoms with Crippen molar-refractivity contribution in [1.82, 2.24) is 10.6 Å². The molecule has 2 N–H and O–H groups in total. The van der Waals surface area contributed by atoms with Crippen LogP contribution in [-0.4, -0.2) is 61.6 Å². The van der Waals surface area contributed by atoms with Crippen LogP contribution in [0, 0.1) is 63.2 Å². The topological polar surface area (TPSA) is 111 Å². The van der Waals surface area contributed by atoms with E-state index in [1.807, 2.05) is 0 Å². The molecular weight excluding hydrogens is 428 g/mol. The first kappa shape index (κ1) is 24.8. The van der Waals surface area contributed by atoms with Crippen LogP contribution in [0.15, 0.2) is 0 Å². The van der Waals surface area contributed by atoms with Crippen molar-refractivity contribution in [2.45, 2.75) is 12.1 Å². The van der Waals surface area contributed by atoms with Crippen molar-refractivity contribution in [1.29, 1.82) is 0 Å². The molecule has 30 heavy (non-hydrogen) atoms. The zero-order valence-electron chi connectivity index (χ0n) is 16.5. The first-order valence-electron chi connectivity index (χ1n) is 8.91. The number of methoxy groups -OCH3 is 2. The Morgan fingerprint density at radius 1 is 0.733 bits per heavy atom. The van der Waals surface area contributed by atoms with Crippen molar-refractivity contribution in [2.24, 2.45) is 0 Å². The molecule has 2 amide bonds. The quantitative estimate of drug-likeness (QED) is 0.266. The van der Waals surface area contributed by atoms with Crippen molar-refractivity contribution in [3.63, 3.8) is 0 Å². The molecule has 0 bridgehead atoms. The second-order valence-corrected chi connectivity index (χ2v) is 8.57. The maximum Gasteiger partial charge on any atom is 0.329 e. The molecule has 2 saturated carbocycles. The zero-order chi connectivity index (χ0) is 21.9. The van der Waals surface area contributed by atoms with Crippen molar-refractivity contribution in [3.8, 4) is 0 Å². The number of hydrogen-bond acceptors (Lipinski definition) is 8. The fourth-order valence-corrected chi connectivity index (χ4v) is 4.69. The van der Waals surface area contributed by atoms with Gasteiger partial charge >= 0.3 is 11.9 Å². The summed E-state index contributed by atoms with van der Waals surface area (Å²) in [6.45, 7) is 0. The summed E-state index contributed by atoms with van der Waals surface area (Å²) in [5.74, 6) is -0.576. The molecule has 160 valence electrons. The molecule has 10 radical (unpaired) electrons. The largest absolute Gasteiger partial charge is 0.467 e. The van der Waals surface area contributed by atoms with Gasteiger partial charge in [-0.1, -0.05) is 21.6 Å². The Bertz CT molecular complexity index is 554. The lowest BCUT2D eigenvalue weighted by Crippen LogP contribution is -2.45. The average molecular weight is 451 g/mol. The van der Waals surface area contributed by atoms with Crippen molar-refractivity contribution < 1.29 is 28.7 Å². The van der Waals surface area contributed by atoms with Crippen molar-refractivity contribution >= 4 is 45.3 Å². The van der Waals surface area contributed by atoms with Crippen LogP contribution < -0.4 is 10.6 Å². The summed E-state index contributed by atoms with van der Waals surface area (Å²) in [4.78, 5) is 48.4. The molecule has 0 aromatic carbocycles. The van der Waals surface area contributed by atoms with Crippen LogP contribution in [0.25, 0.3) is 0 Å². The Balaban J connectivity index is 1.80. The highest BCUT2D eigenvalue weighted by Crippen LogP contribution is 2.27. The van der Waals surface area contributed by atoms with Crippen LogP contribution in [0.4, 0.5) is 0 Å². The summed E-state index contributed by atoms with van der Waals surface area (Å²) in [5.41, 5.74) is 0. The minimum atomic E-state index is -0.856. The molecule has 10 heteroatoms.